The molecule has 1 atom stereocenters. The number of ether oxygens (including phenoxy) is 2. The fourth-order valence-electron chi connectivity index (χ4n) is 3.38. The molecule has 1 unspecified atom stereocenters. The van der Waals surface area contributed by atoms with Crippen molar-refractivity contribution in [3.05, 3.63) is 24.0 Å². The lowest BCUT2D eigenvalue weighted by Gasteiger charge is -2.35. The molecule has 2 aliphatic heterocycles. The lowest BCUT2D eigenvalue weighted by atomic mass is 10.2. The smallest absolute Gasteiger partial charge is 0.414 e. The van der Waals surface area contributed by atoms with Crippen LogP contribution in [0.3, 0.4) is 0 Å². The Kier molecular flexibility index (Phi) is 6.80. The Morgan fingerprint density at radius 2 is 2.03 bits per heavy atom. The van der Waals surface area contributed by atoms with Crippen LogP contribution in [-0.4, -0.2) is 93.7 Å². The molecule has 2 fully saturated rings. The van der Waals surface area contributed by atoms with E-state index in [0.29, 0.717) is 55.8 Å². The molecule has 3 rings (SSSR count). The second-order valence-electron chi connectivity index (χ2n) is 7.28. The number of anilines is 2. The Bertz CT molecular complexity index is 816. The molecule has 0 bridgehead atoms. The molecule has 1 aromatic carbocycles. The van der Waals surface area contributed by atoms with Gasteiger partial charge in [0, 0.05) is 40.3 Å². The summed E-state index contributed by atoms with van der Waals surface area (Å²) in [5.74, 6) is -0.429. The van der Waals surface area contributed by atoms with Gasteiger partial charge in [-0.3, -0.25) is 4.90 Å². The maximum absolute atomic E-state index is 14.8. The van der Waals surface area contributed by atoms with E-state index in [1.165, 1.54) is 18.1 Å². The summed E-state index contributed by atoms with van der Waals surface area (Å²) in [6.45, 7) is 2.58. The van der Waals surface area contributed by atoms with Gasteiger partial charge in [-0.2, -0.15) is 0 Å². The lowest BCUT2D eigenvalue weighted by Crippen LogP contribution is -2.49. The molecule has 1 aromatic rings. The maximum atomic E-state index is 14.8. The minimum Gasteiger partial charge on any atom is -0.453 e. The first-order chi connectivity index (χ1) is 14.3. The van der Waals surface area contributed by atoms with Crippen LogP contribution in [0.15, 0.2) is 18.2 Å². The van der Waals surface area contributed by atoms with Crippen molar-refractivity contribution in [2.45, 2.75) is 6.10 Å². The summed E-state index contributed by atoms with van der Waals surface area (Å²) in [6.07, 6.45) is -1.28. The monoisotopic (exact) mass is 439 g/mol. The summed E-state index contributed by atoms with van der Waals surface area (Å²) in [6, 6.07) is 4.69. The molecule has 2 saturated heterocycles. The van der Waals surface area contributed by atoms with Crippen LogP contribution in [0.2, 0.25) is 0 Å². The normalized spacial score (nSPS) is 18.9. The second kappa shape index (κ2) is 9.33. The van der Waals surface area contributed by atoms with Gasteiger partial charge in [-0.25, -0.2) is 14.0 Å². The van der Waals surface area contributed by atoms with E-state index in [1.807, 2.05) is 19.0 Å². The molecule has 0 radical (unpaired) electrons. The van der Waals surface area contributed by atoms with E-state index in [2.05, 4.69) is 5.32 Å². The highest BCUT2D eigenvalue weighted by Crippen LogP contribution is 2.28. The van der Waals surface area contributed by atoms with Gasteiger partial charge in [-0.1, -0.05) is 0 Å². The van der Waals surface area contributed by atoms with E-state index in [4.69, 9.17) is 21.7 Å². The standard InChI is InChI=1S/C19H26FN5O4S/c1-22(2)17(30)21-11-14-12-25(19(27)29-14)13-4-5-16(15(20)10-13)23-6-8-24(9-7-23)18(26)28-3/h4-5,10,14H,6-9,11-12H2,1-3H3,(H,21,30). The van der Waals surface area contributed by atoms with Gasteiger partial charge in [-0.15, -0.1) is 0 Å². The van der Waals surface area contributed by atoms with Crippen LogP contribution in [0.25, 0.3) is 0 Å². The quantitative estimate of drug-likeness (QED) is 0.707. The Morgan fingerprint density at radius 3 is 2.63 bits per heavy atom. The Hall–Kier alpha value is -2.82. The second-order valence-corrected chi connectivity index (χ2v) is 7.66. The van der Waals surface area contributed by atoms with Gasteiger partial charge in [0.15, 0.2) is 5.11 Å². The molecule has 0 saturated carbocycles. The molecule has 9 nitrogen and oxygen atoms in total. The van der Waals surface area contributed by atoms with Crippen molar-refractivity contribution in [1.82, 2.24) is 15.1 Å². The van der Waals surface area contributed by atoms with Crippen LogP contribution < -0.4 is 15.1 Å². The number of amides is 2. The van der Waals surface area contributed by atoms with E-state index in [-0.39, 0.29) is 12.2 Å². The maximum Gasteiger partial charge on any atom is 0.414 e. The number of hydrogen-bond acceptors (Lipinski definition) is 6. The number of nitrogens with one attached hydrogen (secondary N) is 1. The number of methoxy groups -OCH3 is 1. The third-order valence-corrected chi connectivity index (χ3v) is 5.57. The highest BCUT2D eigenvalue weighted by atomic mass is 32.1. The van der Waals surface area contributed by atoms with Crippen molar-refractivity contribution in [2.24, 2.45) is 0 Å². The number of rotatable bonds is 4. The molecule has 0 aromatic heterocycles. The highest BCUT2D eigenvalue weighted by molar-refractivity contribution is 7.80. The first-order valence-corrected chi connectivity index (χ1v) is 10.0. The number of carbonyl (C=O) groups excluding carboxylic acids is 2. The van der Waals surface area contributed by atoms with Gasteiger partial charge in [0.05, 0.1) is 31.6 Å². The van der Waals surface area contributed by atoms with Crippen molar-refractivity contribution < 1.29 is 23.5 Å². The molecule has 30 heavy (non-hydrogen) atoms. The third kappa shape index (κ3) is 4.84. The fraction of sp³-hybridized carbons (Fsp3) is 0.526. The summed E-state index contributed by atoms with van der Waals surface area (Å²) in [5.41, 5.74) is 0.873. The first kappa shape index (κ1) is 21.9. The number of carbonyl (C=O) groups is 2. The van der Waals surface area contributed by atoms with Crippen LogP contribution in [0.5, 0.6) is 0 Å². The van der Waals surface area contributed by atoms with Crippen LogP contribution in [-0.2, 0) is 9.47 Å². The topological polar surface area (TPSA) is 77.6 Å². The Labute approximate surface area is 180 Å². The highest BCUT2D eigenvalue weighted by Gasteiger charge is 2.33. The SMILES string of the molecule is COC(=O)N1CCN(c2ccc(N3CC(CNC(=S)N(C)C)OC3=O)cc2F)CC1. The molecule has 2 aliphatic rings. The van der Waals surface area contributed by atoms with E-state index in [0.717, 1.165) is 0 Å². The lowest BCUT2D eigenvalue weighted by molar-refractivity contribution is 0.121. The van der Waals surface area contributed by atoms with E-state index in [9.17, 15) is 14.0 Å². The minimum atomic E-state index is -0.517. The van der Waals surface area contributed by atoms with Crippen molar-refractivity contribution >= 4 is 40.9 Å². The van der Waals surface area contributed by atoms with Crippen LogP contribution in [0.1, 0.15) is 0 Å². The fourth-order valence-corrected chi connectivity index (χ4v) is 3.46. The van der Waals surface area contributed by atoms with E-state index >= 15 is 0 Å². The van der Waals surface area contributed by atoms with E-state index < -0.39 is 11.9 Å². The predicted molar refractivity (Wildman–Crippen MR) is 114 cm³/mol. The number of benzene rings is 1. The number of nitrogens with zero attached hydrogens (tertiary/aromatic N) is 4. The number of piperazine rings is 1. The van der Waals surface area contributed by atoms with Crippen molar-refractivity contribution in [3.8, 4) is 0 Å². The number of thiocarbonyl (C=S) groups is 1. The average Bonchev–Trinajstić information content (AvgIpc) is 3.12. The van der Waals surface area contributed by atoms with Crippen molar-refractivity contribution in [3.63, 3.8) is 0 Å². The Balaban J connectivity index is 1.61. The summed E-state index contributed by atoms with van der Waals surface area (Å²) >= 11 is 5.16. The first-order valence-electron chi connectivity index (χ1n) is 9.61. The van der Waals surface area contributed by atoms with Gasteiger partial charge < -0.3 is 29.5 Å². The van der Waals surface area contributed by atoms with Crippen molar-refractivity contribution in [1.29, 1.82) is 0 Å². The van der Waals surface area contributed by atoms with Gasteiger partial charge >= 0.3 is 12.2 Å². The Morgan fingerprint density at radius 1 is 1.33 bits per heavy atom. The van der Waals surface area contributed by atoms with Crippen LogP contribution >= 0.6 is 12.2 Å². The molecule has 164 valence electrons. The van der Waals surface area contributed by atoms with Gasteiger partial charge in [-0.05, 0) is 30.4 Å². The minimum absolute atomic E-state index is 0.304. The predicted octanol–water partition coefficient (Wildman–Crippen LogP) is 1.48. The zero-order chi connectivity index (χ0) is 21.8. The molecule has 2 heterocycles. The molecule has 0 spiro atoms. The van der Waals surface area contributed by atoms with Gasteiger partial charge in [0.25, 0.3) is 0 Å². The number of cyclic esters (lactones) is 1. The van der Waals surface area contributed by atoms with Crippen LogP contribution in [0.4, 0.5) is 25.4 Å². The summed E-state index contributed by atoms with van der Waals surface area (Å²) in [4.78, 5) is 30.4. The molecule has 0 aliphatic carbocycles. The van der Waals surface area contributed by atoms with Crippen molar-refractivity contribution in [2.75, 3.05) is 70.3 Å². The number of halogens is 1. The number of hydrogen-bond donors (Lipinski definition) is 1. The average molecular weight is 440 g/mol. The molecular formula is C19H26FN5O4S. The zero-order valence-electron chi connectivity index (χ0n) is 17.3. The third-order valence-electron chi connectivity index (χ3n) is 5.06. The molecule has 2 amide bonds. The molecule has 11 heteroatoms. The van der Waals surface area contributed by atoms with Gasteiger partial charge in [0.1, 0.15) is 11.9 Å². The zero-order valence-corrected chi connectivity index (χ0v) is 18.1. The molecule has 1 N–H and O–H groups in total. The van der Waals surface area contributed by atoms with Gasteiger partial charge in [0.2, 0.25) is 0 Å². The summed E-state index contributed by atoms with van der Waals surface area (Å²) < 4.78 is 24.9. The summed E-state index contributed by atoms with van der Waals surface area (Å²) in [5, 5.41) is 3.58. The van der Waals surface area contributed by atoms with E-state index in [1.54, 1.807) is 21.9 Å². The molecular weight excluding hydrogens is 413 g/mol. The largest absolute Gasteiger partial charge is 0.453 e. The summed E-state index contributed by atoms with van der Waals surface area (Å²) in [7, 11) is 4.98. The van der Waals surface area contributed by atoms with Crippen LogP contribution in [0, 0.1) is 5.82 Å².